The van der Waals surface area contributed by atoms with Gasteiger partial charge in [0.1, 0.15) is 5.75 Å². The third-order valence-electron chi connectivity index (χ3n) is 4.96. The molecule has 3 N–H and O–H groups in total. The molecule has 7 nitrogen and oxygen atoms in total. The van der Waals surface area contributed by atoms with E-state index < -0.39 is 11.5 Å². The van der Waals surface area contributed by atoms with Crippen molar-refractivity contribution in [3.63, 3.8) is 0 Å². The number of aromatic nitrogens is 1. The maximum Gasteiger partial charge on any atom is 0.277 e. The Morgan fingerprint density at radius 3 is 2.96 bits per heavy atom. The van der Waals surface area contributed by atoms with Crippen molar-refractivity contribution in [3.05, 3.63) is 33.6 Å². The number of benzene rings is 1. The van der Waals surface area contributed by atoms with Gasteiger partial charge in [0.15, 0.2) is 5.01 Å². The average Bonchev–Trinajstić information content (AvgIpc) is 3.20. The molecule has 1 fully saturated rings. The van der Waals surface area contributed by atoms with Crippen molar-refractivity contribution in [1.29, 1.82) is 0 Å². The van der Waals surface area contributed by atoms with Gasteiger partial charge < -0.3 is 20.5 Å². The van der Waals surface area contributed by atoms with E-state index in [0.717, 1.165) is 10.4 Å². The number of ether oxygens (including phenoxy) is 1. The summed E-state index contributed by atoms with van der Waals surface area (Å²) in [4.78, 5) is 30.5. The van der Waals surface area contributed by atoms with Gasteiger partial charge in [0.2, 0.25) is 5.60 Å². The molecule has 1 aromatic heterocycles. The minimum atomic E-state index is -1.66. The molecule has 0 spiro atoms. The van der Waals surface area contributed by atoms with Gasteiger partial charge >= 0.3 is 0 Å². The number of likely N-dealkylation sites (N-methyl/N-ethyl adjacent to an activating group) is 1. The van der Waals surface area contributed by atoms with Crippen LogP contribution in [0.5, 0.6) is 5.75 Å². The number of fused-ring (bicyclic) bond motifs is 3. The normalized spacial score (nSPS) is 23.2. The molecule has 144 valence electrons. The second-order valence-electron chi connectivity index (χ2n) is 7.11. The Hall–Kier alpha value is -2.89. The second kappa shape index (κ2) is 6.62. The number of carbonyl (C=O) groups excluding carboxylic acids is 2. The molecule has 2 aliphatic heterocycles. The molecule has 2 aliphatic rings. The molecule has 1 aromatic carbocycles. The van der Waals surface area contributed by atoms with E-state index in [2.05, 4.69) is 16.8 Å². The van der Waals surface area contributed by atoms with Crippen molar-refractivity contribution < 1.29 is 19.4 Å². The van der Waals surface area contributed by atoms with Crippen LogP contribution < -0.4 is 10.5 Å². The standard InChI is InChI=1S/C20H19N3O4S/c1-11-10-27-14-4-3-12(5-6-20(26)7-8-23(2)19(20)25)9-13(14)15-16(11)28-18(22-15)17(21)24/h3-4,9,11,26H,7-8,10H2,1-2H3,(H2,21,24)/t11?,20-/m0/s1. The molecule has 4 rings (SSSR count). The Balaban J connectivity index is 1.76. The maximum absolute atomic E-state index is 12.1. The lowest BCUT2D eigenvalue weighted by Crippen LogP contribution is -2.37. The van der Waals surface area contributed by atoms with E-state index in [1.54, 1.807) is 25.2 Å². The predicted octanol–water partition coefficient (Wildman–Crippen LogP) is 1.35. The van der Waals surface area contributed by atoms with Gasteiger partial charge in [-0.15, -0.1) is 11.3 Å². The van der Waals surface area contributed by atoms with Gasteiger partial charge in [-0.3, -0.25) is 9.59 Å². The highest BCUT2D eigenvalue weighted by Crippen LogP contribution is 2.41. The van der Waals surface area contributed by atoms with E-state index in [1.165, 1.54) is 16.2 Å². The molecule has 3 heterocycles. The van der Waals surface area contributed by atoms with Crippen LogP contribution in [-0.4, -0.2) is 52.6 Å². The number of primary amides is 1. The van der Waals surface area contributed by atoms with Crippen molar-refractivity contribution >= 4 is 23.2 Å². The van der Waals surface area contributed by atoms with Crippen LogP contribution in [0.3, 0.4) is 0 Å². The van der Waals surface area contributed by atoms with Crippen LogP contribution in [0, 0.1) is 11.8 Å². The molecular formula is C20H19N3O4S. The molecule has 28 heavy (non-hydrogen) atoms. The number of thiazole rings is 1. The number of hydrogen-bond donors (Lipinski definition) is 2. The van der Waals surface area contributed by atoms with Crippen molar-refractivity contribution in [2.45, 2.75) is 24.9 Å². The van der Waals surface area contributed by atoms with Crippen LogP contribution in [0.25, 0.3) is 11.3 Å². The quantitative estimate of drug-likeness (QED) is 0.707. The molecule has 1 saturated heterocycles. The van der Waals surface area contributed by atoms with E-state index in [9.17, 15) is 14.7 Å². The molecule has 0 radical (unpaired) electrons. The molecule has 2 amide bonds. The average molecular weight is 397 g/mol. The summed E-state index contributed by atoms with van der Waals surface area (Å²) >= 11 is 1.28. The number of aliphatic hydroxyl groups is 1. The Labute approximate surface area is 166 Å². The molecular weight excluding hydrogens is 378 g/mol. The minimum Gasteiger partial charge on any atom is -0.492 e. The Morgan fingerprint density at radius 1 is 1.50 bits per heavy atom. The monoisotopic (exact) mass is 397 g/mol. The van der Waals surface area contributed by atoms with Crippen molar-refractivity contribution in [3.8, 4) is 28.8 Å². The van der Waals surface area contributed by atoms with Gasteiger partial charge in [-0.2, -0.15) is 0 Å². The maximum atomic E-state index is 12.1. The van der Waals surface area contributed by atoms with E-state index >= 15 is 0 Å². The van der Waals surface area contributed by atoms with Crippen LogP contribution in [0.4, 0.5) is 0 Å². The summed E-state index contributed by atoms with van der Waals surface area (Å²) in [7, 11) is 1.64. The molecule has 2 atom stereocenters. The fourth-order valence-corrected chi connectivity index (χ4v) is 4.29. The van der Waals surface area contributed by atoms with E-state index in [4.69, 9.17) is 10.5 Å². The third-order valence-corrected chi connectivity index (χ3v) is 6.26. The molecule has 2 aromatic rings. The Kier molecular flexibility index (Phi) is 4.37. The zero-order valence-corrected chi connectivity index (χ0v) is 16.3. The number of nitrogens with zero attached hydrogens (tertiary/aromatic N) is 2. The van der Waals surface area contributed by atoms with Gasteiger partial charge in [0.05, 0.1) is 12.3 Å². The highest BCUT2D eigenvalue weighted by atomic mass is 32.1. The van der Waals surface area contributed by atoms with Gasteiger partial charge in [0, 0.05) is 41.9 Å². The third kappa shape index (κ3) is 3.03. The topological polar surface area (TPSA) is 106 Å². The summed E-state index contributed by atoms with van der Waals surface area (Å²) in [5, 5.41) is 10.7. The van der Waals surface area contributed by atoms with Gasteiger partial charge in [-0.05, 0) is 18.2 Å². The number of carbonyl (C=O) groups is 2. The lowest BCUT2D eigenvalue weighted by Gasteiger charge is -2.13. The molecule has 0 aliphatic carbocycles. The first kappa shape index (κ1) is 18.5. The summed E-state index contributed by atoms with van der Waals surface area (Å²) in [6.07, 6.45) is 0.277. The first-order chi connectivity index (χ1) is 13.3. The molecule has 1 unspecified atom stereocenters. The number of rotatable bonds is 1. The Bertz CT molecular complexity index is 1050. The second-order valence-corrected chi connectivity index (χ2v) is 8.14. The highest BCUT2D eigenvalue weighted by Gasteiger charge is 2.42. The fraction of sp³-hybridized carbons (Fsp3) is 0.350. The van der Waals surface area contributed by atoms with Gasteiger partial charge in [-0.25, -0.2) is 4.98 Å². The van der Waals surface area contributed by atoms with Crippen LogP contribution >= 0.6 is 11.3 Å². The van der Waals surface area contributed by atoms with Crippen LogP contribution in [-0.2, 0) is 4.79 Å². The lowest BCUT2D eigenvalue weighted by atomic mass is 10.0. The number of hydrogen-bond acceptors (Lipinski definition) is 6. The van der Waals surface area contributed by atoms with Crippen LogP contribution in [0.1, 0.15) is 39.5 Å². The minimum absolute atomic E-state index is 0.0647. The number of amides is 2. The largest absolute Gasteiger partial charge is 0.492 e. The fourth-order valence-electron chi connectivity index (χ4n) is 3.32. The van der Waals surface area contributed by atoms with Crippen LogP contribution in [0.15, 0.2) is 18.2 Å². The number of likely N-dealkylation sites (tertiary alicyclic amines) is 1. The van der Waals surface area contributed by atoms with Crippen molar-refractivity contribution in [2.75, 3.05) is 20.2 Å². The summed E-state index contributed by atoms with van der Waals surface area (Å²) in [5.41, 5.74) is 5.75. The zero-order valence-electron chi connectivity index (χ0n) is 15.5. The smallest absolute Gasteiger partial charge is 0.277 e. The molecule has 0 bridgehead atoms. The van der Waals surface area contributed by atoms with Gasteiger partial charge in [-0.1, -0.05) is 18.8 Å². The Morgan fingerprint density at radius 2 is 2.29 bits per heavy atom. The molecule has 0 saturated carbocycles. The van der Waals surface area contributed by atoms with E-state index in [0.29, 0.717) is 30.2 Å². The zero-order chi connectivity index (χ0) is 20.1. The first-order valence-corrected chi connectivity index (χ1v) is 9.69. The summed E-state index contributed by atoms with van der Waals surface area (Å²) in [6, 6.07) is 5.36. The predicted molar refractivity (Wildman–Crippen MR) is 104 cm³/mol. The summed E-state index contributed by atoms with van der Waals surface area (Å²) in [6.45, 7) is 2.94. The summed E-state index contributed by atoms with van der Waals surface area (Å²) in [5.74, 6) is 5.38. The van der Waals surface area contributed by atoms with Crippen molar-refractivity contribution in [1.82, 2.24) is 9.88 Å². The van der Waals surface area contributed by atoms with E-state index in [1.807, 2.05) is 6.92 Å². The van der Waals surface area contributed by atoms with Crippen molar-refractivity contribution in [2.24, 2.45) is 5.73 Å². The lowest BCUT2D eigenvalue weighted by molar-refractivity contribution is -0.137. The first-order valence-electron chi connectivity index (χ1n) is 8.87. The van der Waals surface area contributed by atoms with Crippen LogP contribution in [0.2, 0.25) is 0 Å². The van der Waals surface area contributed by atoms with Gasteiger partial charge in [0.25, 0.3) is 11.8 Å². The SMILES string of the molecule is CC1COc2ccc(C#C[C@]3(O)CCN(C)C3=O)cc2-c2nc(C(N)=O)sc21. The summed E-state index contributed by atoms with van der Waals surface area (Å²) < 4.78 is 5.88. The molecule has 8 heteroatoms. The number of nitrogens with two attached hydrogens (primary N) is 1. The van der Waals surface area contributed by atoms with E-state index in [-0.39, 0.29) is 23.3 Å². The highest BCUT2D eigenvalue weighted by molar-refractivity contribution is 7.14.